The Morgan fingerprint density at radius 3 is 1.82 bits per heavy atom. The third-order valence-corrected chi connectivity index (χ3v) is 1.39. The lowest BCUT2D eigenvalue weighted by atomic mass is 10.1. The van der Waals surface area contributed by atoms with Gasteiger partial charge >= 0.3 is 0 Å². The zero-order valence-electron chi connectivity index (χ0n) is 7.87. The molecule has 0 rings (SSSR count). The van der Waals surface area contributed by atoms with Crippen molar-refractivity contribution in [3.8, 4) is 0 Å². The van der Waals surface area contributed by atoms with Crippen molar-refractivity contribution in [1.29, 1.82) is 0 Å². The molecular weight excluding hydrogens is 179 g/mol. The van der Waals surface area contributed by atoms with Crippen LogP contribution in [0, 0.1) is 5.92 Å². The van der Waals surface area contributed by atoms with E-state index in [0.717, 1.165) is 5.92 Å². The monoisotopic (exact) mass is 198 g/mol. The Labute approximate surface area is 81.3 Å². The van der Waals surface area contributed by atoms with Crippen LogP contribution in [0.2, 0.25) is 0 Å². The minimum absolute atomic E-state index is 0.194. The van der Waals surface area contributed by atoms with Crippen molar-refractivity contribution in [3.05, 3.63) is 0 Å². The van der Waals surface area contributed by atoms with Crippen molar-refractivity contribution in [2.45, 2.75) is 46.5 Å². The minimum atomic E-state index is 0.194. The van der Waals surface area contributed by atoms with Crippen LogP contribution in [0.5, 0.6) is 0 Å². The first-order chi connectivity index (χ1) is 5.18. The Kier molecular flexibility index (Phi) is 16.9. The van der Waals surface area contributed by atoms with Crippen molar-refractivity contribution in [1.82, 2.24) is 0 Å². The Hall–Kier alpha value is 0.580. The third-order valence-electron chi connectivity index (χ3n) is 1.39. The van der Waals surface area contributed by atoms with Crippen LogP contribution in [0.3, 0.4) is 0 Å². The lowest BCUT2D eigenvalue weighted by Crippen LogP contribution is -1.85. The second kappa shape index (κ2) is 13.2. The van der Waals surface area contributed by atoms with E-state index in [1.54, 1.807) is 0 Å². The molecule has 0 aromatic heterocycles. The van der Waals surface area contributed by atoms with Gasteiger partial charge in [0.05, 0.1) is 5.34 Å². The van der Waals surface area contributed by atoms with Gasteiger partial charge in [0.15, 0.2) is 0 Å². The molecule has 0 aromatic carbocycles. The Morgan fingerprint density at radius 2 is 1.55 bits per heavy atom. The van der Waals surface area contributed by atoms with Gasteiger partial charge in [-0.15, -0.1) is 23.2 Å². The summed E-state index contributed by atoms with van der Waals surface area (Å²) in [6.07, 6.45) is 5.60. The number of halogens is 2. The average Bonchev–Trinajstić information content (AvgIpc) is 1.89. The summed E-state index contributed by atoms with van der Waals surface area (Å²) in [5.41, 5.74) is 0. The van der Waals surface area contributed by atoms with Gasteiger partial charge in [-0.2, -0.15) is 0 Å². The standard InChI is InChI=1S/C8H18.CH2Cl2/c1-4-5-6-7-8(2)3;2-1-3/h8H,4-7H2,1-3H3;1H2. The van der Waals surface area contributed by atoms with Crippen LogP contribution in [-0.2, 0) is 0 Å². The van der Waals surface area contributed by atoms with E-state index in [9.17, 15) is 0 Å². The fourth-order valence-electron chi connectivity index (χ4n) is 0.803. The van der Waals surface area contributed by atoms with Crippen LogP contribution in [0.15, 0.2) is 0 Å². The molecule has 0 atom stereocenters. The maximum absolute atomic E-state index is 4.76. The molecule has 0 aliphatic carbocycles. The molecule has 2 heteroatoms. The highest BCUT2D eigenvalue weighted by Crippen LogP contribution is 2.06. The predicted molar refractivity (Wildman–Crippen MR) is 55.6 cm³/mol. The maximum Gasteiger partial charge on any atom is 0.0967 e. The summed E-state index contributed by atoms with van der Waals surface area (Å²) in [6.45, 7) is 6.83. The van der Waals surface area contributed by atoms with E-state index in [-0.39, 0.29) is 5.34 Å². The van der Waals surface area contributed by atoms with Gasteiger partial charge in [-0.05, 0) is 5.92 Å². The van der Waals surface area contributed by atoms with Gasteiger partial charge in [0.25, 0.3) is 0 Å². The van der Waals surface area contributed by atoms with Crippen LogP contribution in [0.25, 0.3) is 0 Å². The number of hydrogen-bond acceptors (Lipinski definition) is 0. The first-order valence-electron chi connectivity index (χ1n) is 4.30. The molecule has 0 saturated heterocycles. The van der Waals surface area contributed by atoms with E-state index in [1.165, 1.54) is 25.7 Å². The first kappa shape index (κ1) is 14.1. The van der Waals surface area contributed by atoms with E-state index in [0.29, 0.717) is 0 Å². The summed E-state index contributed by atoms with van der Waals surface area (Å²) in [4.78, 5) is 0. The van der Waals surface area contributed by atoms with Gasteiger partial charge in [-0.3, -0.25) is 0 Å². The van der Waals surface area contributed by atoms with E-state index in [2.05, 4.69) is 20.8 Å². The van der Waals surface area contributed by atoms with Crippen LogP contribution >= 0.6 is 23.2 Å². The fourth-order valence-corrected chi connectivity index (χ4v) is 0.803. The molecule has 0 aliphatic heterocycles. The van der Waals surface area contributed by atoms with Crippen molar-refractivity contribution in [3.63, 3.8) is 0 Å². The minimum Gasteiger partial charge on any atom is -0.109 e. The van der Waals surface area contributed by atoms with Crippen LogP contribution in [0.1, 0.15) is 46.5 Å². The molecule has 70 valence electrons. The molecule has 0 spiro atoms. The quantitative estimate of drug-likeness (QED) is 0.456. The summed E-state index contributed by atoms with van der Waals surface area (Å²) in [6, 6.07) is 0. The molecule has 0 fully saturated rings. The zero-order chi connectivity index (χ0) is 9.11. The summed E-state index contributed by atoms with van der Waals surface area (Å²) >= 11 is 9.53. The Balaban J connectivity index is 0. The highest BCUT2D eigenvalue weighted by atomic mass is 35.5. The first-order valence-corrected chi connectivity index (χ1v) is 5.37. The van der Waals surface area contributed by atoms with Crippen molar-refractivity contribution >= 4 is 23.2 Å². The molecule has 0 unspecified atom stereocenters. The lowest BCUT2D eigenvalue weighted by molar-refractivity contribution is 0.534. The predicted octanol–water partition coefficient (Wildman–Crippen LogP) is 4.64. The molecule has 0 aromatic rings. The van der Waals surface area contributed by atoms with Crippen molar-refractivity contribution in [2.24, 2.45) is 5.92 Å². The Morgan fingerprint density at radius 1 is 1.09 bits per heavy atom. The highest BCUT2D eigenvalue weighted by molar-refractivity contribution is 6.40. The van der Waals surface area contributed by atoms with E-state index >= 15 is 0 Å². The van der Waals surface area contributed by atoms with Crippen LogP contribution in [0.4, 0.5) is 0 Å². The van der Waals surface area contributed by atoms with Gasteiger partial charge in [-0.25, -0.2) is 0 Å². The number of rotatable bonds is 4. The number of hydrogen-bond donors (Lipinski definition) is 0. The van der Waals surface area contributed by atoms with Crippen molar-refractivity contribution < 1.29 is 0 Å². The second-order valence-electron chi connectivity index (χ2n) is 2.99. The smallest absolute Gasteiger partial charge is 0.0967 e. The number of alkyl halides is 2. The molecular formula is C9H20Cl2. The van der Waals surface area contributed by atoms with Gasteiger partial charge < -0.3 is 0 Å². The van der Waals surface area contributed by atoms with E-state index in [4.69, 9.17) is 23.2 Å². The van der Waals surface area contributed by atoms with Crippen LogP contribution in [-0.4, -0.2) is 5.34 Å². The normalized spacial score (nSPS) is 9.27. The third kappa shape index (κ3) is 25.0. The molecule has 0 aliphatic rings. The van der Waals surface area contributed by atoms with Gasteiger partial charge in [0.2, 0.25) is 0 Å². The molecule has 0 radical (unpaired) electrons. The van der Waals surface area contributed by atoms with Gasteiger partial charge in [0, 0.05) is 0 Å². The SMILES string of the molecule is CCCCCC(C)C.ClCCl. The fraction of sp³-hybridized carbons (Fsp3) is 1.00. The zero-order valence-corrected chi connectivity index (χ0v) is 9.38. The molecule has 0 N–H and O–H groups in total. The molecule has 0 heterocycles. The van der Waals surface area contributed by atoms with Gasteiger partial charge in [0.1, 0.15) is 0 Å². The second-order valence-corrected chi connectivity index (χ2v) is 3.80. The van der Waals surface area contributed by atoms with Crippen LogP contribution < -0.4 is 0 Å². The highest BCUT2D eigenvalue weighted by Gasteiger charge is 1.90. The summed E-state index contributed by atoms with van der Waals surface area (Å²) in [5.74, 6) is 0.904. The summed E-state index contributed by atoms with van der Waals surface area (Å²) in [7, 11) is 0. The average molecular weight is 199 g/mol. The van der Waals surface area contributed by atoms with E-state index < -0.39 is 0 Å². The molecule has 0 amide bonds. The number of unbranched alkanes of at least 4 members (excludes halogenated alkanes) is 2. The van der Waals surface area contributed by atoms with Gasteiger partial charge in [-0.1, -0.05) is 46.5 Å². The molecule has 11 heavy (non-hydrogen) atoms. The largest absolute Gasteiger partial charge is 0.109 e. The topological polar surface area (TPSA) is 0 Å². The molecule has 0 saturated carbocycles. The summed E-state index contributed by atoms with van der Waals surface area (Å²) < 4.78 is 0. The lowest BCUT2D eigenvalue weighted by Gasteiger charge is -2.00. The van der Waals surface area contributed by atoms with Crippen molar-refractivity contribution in [2.75, 3.05) is 5.34 Å². The van der Waals surface area contributed by atoms with E-state index in [1.807, 2.05) is 0 Å². The Bertz CT molecular complexity index is 53.5. The molecule has 0 nitrogen and oxygen atoms in total. The summed E-state index contributed by atoms with van der Waals surface area (Å²) in [5, 5.41) is 0.194. The maximum atomic E-state index is 4.76. The molecule has 0 bridgehead atoms.